The van der Waals surface area contributed by atoms with Crippen LogP contribution in [0.2, 0.25) is 18.1 Å². The third kappa shape index (κ3) is 3.42. The van der Waals surface area contributed by atoms with Gasteiger partial charge in [-0.1, -0.05) is 36.7 Å². The molecule has 1 rings (SSSR count). The van der Waals surface area contributed by atoms with Crippen molar-refractivity contribution in [2.45, 2.75) is 38.9 Å². The molecule has 0 saturated heterocycles. The fourth-order valence-corrected chi connectivity index (χ4v) is 2.55. The second-order valence-corrected chi connectivity index (χ2v) is 11.3. The fraction of sp³-hybridized carbons (Fsp3) is 0.462. The highest BCUT2D eigenvalue weighted by molar-refractivity contribution is 9.10. The molecule has 1 aromatic rings. The molecular weight excluding hydrogens is 296 g/mol. The SMILES string of the molecule is CC(C)(C)[Si](C)(C)Oc1ccc(Br)cc1C=O. The monoisotopic (exact) mass is 314 g/mol. The van der Waals surface area contributed by atoms with Crippen LogP contribution in [-0.2, 0) is 0 Å². The molecular formula is C13H19BrO2Si. The van der Waals surface area contributed by atoms with Crippen LogP contribution in [0, 0.1) is 0 Å². The van der Waals surface area contributed by atoms with Gasteiger partial charge in [0.05, 0.1) is 5.56 Å². The van der Waals surface area contributed by atoms with Crippen LogP contribution in [0.25, 0.3) is 0 Å². The lowest BCUT2D eigenvalue weighted by atomic mass is 10.2. The maximum absolute atomic E-state index is 11.0. The first-order chi connectivity index (χ1) is 7.67. The van der Waals surface area contributed by atoms with Crippen molar-refractivity contribution in [1.82, 2.24) is 0 Å². The van der Waals surface area contributed by atoms with Gasteiger partial charge in [-0.05, 0) is 36.3 Å². The van der Waals surface area contributed by atoms with Crippen LogP contribution in [0.1, 0.15) is 31.1 Å². The normalized spacial score (nSPS) is 12.4. The van der Waals surface area contributed by atoms with Crippen molar-refractivity contribution < 1.29 is 9.22 Å². The van der Waals surface area contributed by atoms with Gasteiger partial charge in [-0.2, -0.15) is 0 Å². The number of carbonyl (C=O) groups excluding carboxylic acids is 1. The molecule has 17 heavy (non-hydrogen) atoms. The molecule has 0 aliphatic heterocycles. The topological polar surface area (TPSA) is 26.3 Å². The van der Waals surface area contributed by atoms with Crippen LogP contribution in [0.15, 0.2) is 22.7 Å². The Bertz CT molecular complexity index is 422. The zero-order chi connectivity index (χ0) is 13.3. The van der Waals surface area contributed by atoms with E-state index in [0.717, 1.165) is 10.8 Å². The molecule has 0 spiro atoms. The maximum atomic E-state index is 11.0. The molecule has 0 amide bonds. The molecule has 0 atom stereocenters. The summed E-state index contributed by atoms with van der Waals surface area (Å²) in [4.78, 5) is 11.0. The van der Waals surface area contributed by atoms with Crippen LogP contribution >= 0.6 is 15.9 Å². The Morgan fingerprint density at radius 2 is 1.88 bits per heavy atom. The minimum atomic E-state index is -1.88. The van der Waals surface area contributed by atoms with Gasteiger partial charge in [0, 0.05) is 4.47 Å². The first-order valence-corrected chi connectivity index (χ1v) is 9.31. The lowest BCUT2D eigenvalue weighted by molar-refractivity contribution is 0.112. The van der Waals surface area contributed by atoms with Gasteiger partial charge in [0.1, 0.15) is 5.75 Å². The Balaban J connectivity index is 3.07. The molecule has 0 radical (unpaired) electrons. The van der Waals surface area contributed by atoms with Gasteiger partial charge in [0.15, 0.2) is 6.29 Å². The molecule has 0 unspecified atom stereocenters. The Hall–Kier alpha value is -0.613. The third-order valence-corrected chi connectivity index (χ3v) is 8.11. The van der Waals surface area contributed by atoms with Crippen LogP contribution < -0.4 is 4.43 Å². The first kappa shape index (κ1) is 14.4. The van der Waals surface area contributed by atoms with Crippen molar-refractivity contribution in [3.8, 4) is 5.75 Å². The van der Waals surface area contributed by atoms with E-state index in [1.54, 1.807) is 6.07 Å². The van der Waals surface area contributed by atoms with Gasteiger partial charge in [-0.15, -0.1) is 0 Å². The minimum Gasteiger partial charge on any atom is -0.543 e. The number of hydrogen-bond acceptors (Lipinski definition) is 2. The summed E-state index contributed by atoms with van der Waals surface area (Å²) < 4.78 is 7.02. The lowest BCUT2D eigenvalue weighted by Crippen LogP contribution is -2.44. The quantitative estimate of drug-likeness (QED) is 0.600. The van der Waals surface area contributed by atoms with E-state index >= 15 is 0 Å². The molecule has 0 aromatic heterocycles. The molecule has 4 heteroatoms. The van der Waals surface area contributed by atoms with Crippen molar-refractivity contribution in [3.05, 3.63) is 28.2 Å². The van der Waals surface area contributed by atoms with E-state index in [1.165, 1.54) is 0 Å². The number of benzene rings is 1. The number of hydrogen-bond donors (Lipinski definition) is 0. The van der Waals surface area contributed by atoms with E-state index in [2.05, 4.69) is 49.8 Å². The highest BCUT2D eigenvalue weighted by Crippen LogP contribution is 2.38. The largest absolute Gasteiger partial charge is 0.543 e. The summed E-state index contributed by atoms with van der Waals surface area (Å²) in [5.74, 6) is 0.690. The van der Waals surface area contributed by atoms with E-state index in [4.69, 9.17) is 4.43 Å². The molecule has 0 fully saturated rings. The van der Waals surface area contributed by atoms with Crippen LogP contribution in [-0.4, -0.2) is 14.6 Å². The minimum absolute atomic E-state index is 0.125. The van der Waals surface area contributed by atoms with Gasteiger partial charge in [-0.3, -0.25) is 4.79 Å². The molecule has 0 N–H and O–H groups in total. The van der Waals surface area contributed by atoms with Crippen molar-refractivity contribution in [3.63, 3.8) is 0 Å². The molecule has 0 aliphatic rings. The number of halogens is 1. The van der Waals surface area contributed by atoms with Gasteiger partial charge in [0.2, 0.25) is 0 Å². The van der Waals surface area contributed by atoms with E-state index in [-0.39, 0.29) is 5.04 Å². The van der Waals surface area contributed by atoms with Crippen molar-refractivity contribution in [2.75, 3.05) is 0 Å². The molecule has 94 valence electrons. The molecule has 0 aliphatic carbocycles. The van der Waals surface area contributed by atoms with Crippen molar-refractivity contribution >= 4 is 30.5 Å². The third-order valence-electron chi connectivity index (χ3n) is 3.27. The summed E-state index contributed by atoms with van der Waals surface area (Å²) in [6.07, 6.45) is 0.841. The van der Waals surface area contributed by atoms with Gasteiger partial charge in [0.25, 0.3) is 8.32 Å². The van der Waals surface area contributed by atoms with E-state index in [0.29, 0.717) is 11.3 Å². The molecule has 0 saturated carbocycles. The van der Waals surface area contributed by atoms with Crippen LogP contribution in [0.4, 0.5) is 0 Å². The summed E-state index contributed by atoms with van der Waals surface area (Å²) in [6, 6.07) is 5.54. The lowest BCUT2D eigenvalue weighted by Gasteiger charge is -2.36. The van der Waals surface area contributed by atoms with Crippen LogP contribution in [0.3, 0.4) is 0 Å². The van der Waals surface area contributed by atoms with Crippen molar-refractivity contribution in [1.29, 1.82) is 0 Å². The van der Waals surface area contributed by atoms with Gasteiger partial charge < -0.3 is 4.43 Å². The predicted molar refractivity (Wildman–Crippen MR) is 77.4 cm³/mol. The Morgan fingerprint density at radius 1 is 1.29 bits per heavy atom. The Morgan fingerprint density at radius 3 is 2.35 bits per heavy atom. The predicted octanol–water partition coefficient (Wildman–Crippen LogP) is 4.65. The Labute approximate surface area is 113 Å². The van der Waals surface area contributed by atoms with Gasteiger partial charge in [-0.25, -0.2) is 0 Å². The van der Waals surface area contributed by atoms with E-state index in [9.17, 15) is 4.79 Å². The summed E-state index contributed by atoms with van der Waals surface area (Å²) in [5.41, 5.74) is 0.601. The summed E-state index contributed by atoms with van der Waals surface area (Å²) in [7, 11) is -1.88. The van der Waals surface area contributed by atoms with E-state index in [1.807, 2.05) is 12.1 Å². The van der Waals surface area contributed by atoms with Crippen LogP contribution in [0.5, 0.6) is 5.75 Å². The summed E-state index contributed by atoms with van der Waals surface area (Å²) in [5, 5.41) is 0.125. The highest BCUT2D eigenvalue weighted by atomic mass is 79.9. The smallest absolute Gasteiger partial charge is 0.250 e. The Kier molecular flexibility index (Phi) is 4.20. The molecule has 0 heterocycles. The van der Waals surface area contributed by atoms with Gasteiger partial charge >= 0.3 is 0 Å². The molecule has 2 nitrogen and oxygen atoms in total. The van der Waals surface area contributed by atoms with E-state index < -0.39 is 8.32 Å². The average molecular weight is 315 g/mol. The maximum Gasteiger partial charge on any atom is 0.250 e. The fourth-order valence-electron chi connectivity index (χ4n) is 1.13. The number of rotatable bonds is 3. The first-order valence-electron chi connectivity index (χ1n) is 5.61. The zero-order valence-corrected chi connectivity index (χ0v) is 13.6. The number of carbonyl (C=O) groups is 1. The van der Waals surface area contributed by atoms with Crippen molar-refractivity contribution in [2.24, 2.45) is 0 Å². The summed E-state index contributed by atoms with van der Waals surface area (Å²) >= 11 is 3.35. The second kappa shape index (κ2) is 4.94. The molecule has 0 bridgehead atoms. The zero-order valence-electron chi connectivity index (χ0n) is 11.0. The highest BCUT2D eigenvalue weighted by Gasteiger charge is 2.39. The second-order valence-electron chi connectivity index (χ2n) is 5.66. The molecule has 1 aromatic carbocycles. The number of aldehydes is 1. The average Bonchev–Trinajstić information content (AvgIpc) is 2.18. The summed E-state index contributed by atoms with van der Waals surface area (Å²) in [6.45, 7) is 10.9. The standard InChI is InChI=1S/C13H19BrO2Si/c1-13(2,3)17(4,5)16-12-7-6-11(14)8-10(12)9-15/h6-9H,1-5H3.